The first kappa shape index (κ1) is 20.9. The van der Waals surface area contributed by atoms with Gasteiger partial charge in [-0.15, -0.1) is 0 Å². The molecule has 3 rings (SSSR count). The lowest BCUT2D eigenvalue weighted by atomic mass is 10.1. The van der Waals surface area contributed by atoms with E-state index in [-0.39, 0.29) is 11.9 Å². The molecule has 1 saturated heterocycles. The van der Waals surface area contributed by atoms with E-state index in [2.05, 4.69) is 30.8 Å². The lowest BCUT2D eigenvalue weighted by Gasteiger charge is -2.20. The van der Waals surface area contributed by atoms with Crippen LogP contribution in [-0.4, -0.2) is 49.6 Å². The number of hydrogen-bond donors (Lipinski definition) is 3. The summed E-state index contributed by atoms with van der Waals surface area (Å²) in [6, 6.07) is 11.9. The van der Waals surface area contributed by atoms with Gasteiger partial charge in [0.2, 0.25) is 5.91 Å². The van der Waals surface area contributed by atoms with Crippen LogP contribution in [0.5, 0.6) is 0 Å². The number of guanidine groups is 1. The molecule has 8 heteroatoms. The number of carbonyl (C=O) groups excluding carboxylic acids is 1. The topological polar surface area (TPSA) is 81.6 Å². The van der Waals surface area contributed by atoms with Crippen molar-refractivity contribution >= 4 is 35.0 Å². The van der Waals surface area contributed by atoms with E-state index < -0.39 is 0 Å². The Morgan fingerprint density at radius 1 is 1.31 bits per heavy atom. The molecule has 1 unspecified atom stereocenters. The zero-order valence-electron chi connectivity index (χ0n) is 16.8. The van der Waals surface area contributed by atoms with Crippen molar-refractivity contribution in [2.24, 2.45) is 4.99 Å². The Morgan fingerprint density at radius 3 is 2.79 bits per heavy atom. The molecule has 0 aliphatic carbocycles. The van der Waals surface area contributed by atoms with Gasteiger partial charge in [-0.3, -0.25) is 9.79 Å². The van der Waals surface area contributed by atoms with Crippen LogP contribution in [0.4, 0.5) is 11.5 Å². The number of nitrogens with zero attached hydrogens (tertiary/aromatic N) is 3. The van der Waals surface area contributed by atoms with Gasteiger partial charge in [-0.1, -0.05) is 23.7 Å². The number of amides is 1. The molecule has 1 amide bonds. The lowest BCUT2D eigenvalue weighted by Crippen LogP contribution is -2.45. The Hall–Kier alpha value is -2.80. The monoisotopic (exact) mass is 414 g/mol. The smallest absolute Gasteiger partial charge is 0.221 e. The van der Waals surface area contributed by atoms with Crippen LogP contribution in [0.3, 0.4) is 0 Å². The Balaban J connectivity index is 1.44. The van der Waals surface area contributed by atoms with Gasteiger partial charge in [0, 0.05) is 51.5 Å². The fourth-order valence-corrected chi connectivity index (χ4v) is 3.59. The van der Waals surface area contributed by atoms with Gasteiger partial charge in [0.1, 0.15) is 5.82 Å². The minimum Gasteiger partial charge on any atom is -0.356 e. The summed E-state index contributed by atoms with van der Waals surface area (Å²) in [5, 5.41) is 10.3. The zero-order valence-corrected chi connectivity index (χ0v) is 17.5. The molecule has 1 aromatic heterocycles. The van der Waals surface area contributed by atoms with Crippen molar-refractivity contribution in [3.05, 3.63) is 53.2 Å². The molecule has 1 fully saturated rings. The molecule has 2 aromatic rings. The minimum atomic E-state index is -0.0647. The van der Waals surface area contributed by atoms with Gasteiger partial charge in [0.25, 0.3) is 0 Å². The van der Waals surface area contributed by atoms with Gasteiger partial charge in [-0.05, 0) is 42.7 Å². The third kappa shape index (κ3) is 6.09. The van der Waals surface area contributed by atoms with Crippen molar-refractivity contribution in [3.63, 3.8) is 0 Å². The van der Waals surface area contributed by atoms with Crippen LogP contribution in [-0.2, 0) is 11.2 Å². The number of pyridine rings is 1. The molecule has 29 heavy (non-hydrogen) atoms. The Kier molecular flexibility index (Phi) is 7.30. The molecule has 0 radical (unpaired) electrons. The van der Waals surface area contributed by atoms with Crippen molar-refractivity contribution in [2.45, 2.75) is 25.8 Å². The summed E-state index contributed by atoms with van der Waals surface area (Å²) in [6.07, 6.45) is 3.63. The number of benzene rings is 1. The molecule has 0 bridgehead atoms. The number of halogens is 1. The van der Waals surface area contributed by atoms with E-state index in [1.807, 2.05) is 36.4 Å². The second kappa shape index (κ2) is 10.1. The van der Waals surface area contributed by atoms with Crippen LogP contribution in [0.2, 0.25) is 5.02 Å². The number of nitrogens with one attached hydrogen (secondary N) is 3. The van der Waals surface area contributed by atoms with E-state index in [1.54, 1.807) is 13.2 Å². The average Bonchev–Trinajstić information content (AvgIpc) is 3.16. The highest BCUT2D eigenvalue weighted by Crippen LogP contribution is 2.25. The maximum Gasteiger partial charge on any atom is 0.221 e. The molecule has 1 aromatic carbocycles. The fraction of sp³-hybridized carbons (Fsp3) is 0.381. The second-order valence-electron chi connectivity index (χ2n) is 7.01. The number of aromatic nitrogens is 1. The normalized spacial score (nSPS) is 16.6. The standard InChI is InChI=1S/C21H27ClN6O/c1-15(29)26-17-7-5-16(6-8-17)9-12-25-21(23-2)27-18-10-13-28(14-18)20-19(22)4-3-11-24-20/h3-8,11,18H,9-10,12-14H2,1-2H3,(H,26,29)(H2,23,25,27). The summed E-state index contributed by atoms with van der Waals surface area (Å²) in [5.41, 5.74) is 2.00. The summed E-state index contributed by atoms with van der Waals surface area (Å²) in [4.78, 5) is 22.0. The predicted molar refractivity (Wildman–Crippen MR) is 119 cm³/mol. The van der Waals surface area contributed by atoms with Gasteiger partial charge < -0.3 is 20.9 Å². The number of rotatable bonds is 6. The van der Waals surface area contributed by atoms with Crippen molar-refractivity contribution in [2.75, 3.05) is 36.9 Å². The van der Waals surface area contributed by atoms with E-state index in [1.165, 1.54) is 12.5 Å². The highest BCUT2D eigenvalue weighted by Gasteiger charge is 2.25. The third-order valence-electron chi connectivity index (χ3n) is 4.77. The van der Waals surface area contributed by atoms with E-state index in [0.717, 1.165) is 49.9 Å². The molecule has 2 heterocycles. The molecule has 154 valence electrons. The maximum absolute atomic E-state index is 11.1. The summed E-state index contributed by atoms with van der Waals surface area (Å²) >= 11 is 6.26. The van der Waals surface area contributed by atoms with Crippen molar-refractivity contribution in [1.29, 1.82) is 0 Å². The third-order valence-corrected chi connectivity index (χ3v) is 5.07. The molecular weight excluding hydrogens is 388 g/mol. The van der Waals surface area contributed by atoms with Crippen LogP contribution in [0.25, 0.3) is 0 Å². The number of carbonyl (C=O) groups is 1. The molecule has 1 aliphatic rings. The molecule has 0 spiro atoms. The first-order valence-corrected chi connectivity index (χ1v) is 10.1. The summed E-state index contributed by atoms with van der Waals surface area (Å²) < 4.78 is 0. The highest BCUT2D eigenvalue weighted by molar-refractivity contribution is 6.32. The van der Waals surface area contributed by atoms with Crippen molar-refractivity contribution in [3.8, 4) is 0 Å². The quantitative estimate of drug-likeness (QED) is 0.500. The summed E-state index contributed by atoms with van der Waals surface area (Å²) in [7, 11) is 1.78. The average molecular weight is 415 g/mol. The van der Waals surface area contributed by atoms with Gasteiger partial charge in [-0.25, -0.2) is 4.98 Å². The zero-order chi connectivity index (χ0) is 20.6. The molecule has 0 saturated carbocycles. The van der Waals surface area contributed by atoms with Gasteiger partial charge in [-0.2, -0.15) is 0 Å². The lowest BCUT2D eigenvalue weighted by molar-refractivity contribution is -0.114. The van der Waals surface area contributed by atoms with E-state index in [9.17, 15) is 4.79 Å². The van der Waals surface area contributed by atoms with Crippen molar-refractivity contribution < 1.29 is 4.79 Å². The largest absolute Gasteiger partial charge is 0.356 e. The van der Waals surface area contributed by atoms with Crippen molar-refractivity contribution in [1.82, 2.24) is 15.6 Å². The Bertz CT molecular complexity index is 855. The maximum atomic E-state index is 11.1. The van der Waals surface area contributed by atoms with Crippen LogP contribution < -0.4 is 20.9 Å². The predicted octanol–water partition coefficient (Wildman–Crippen LogP) is 2.68. The van der Waals surface area contributed by atoms with E-state index >= 15 is 0 Å². The first-order chi connectivity index (χ1) is 14.0. The van der Waals surface area contributed by atoms with Crippen LogP contribution in [0.1, 0.15) is 18.9 Å². The SMILES string of the molecule is CN=C(NCCc1ccc(NC(C)=O)cc1)NC1CCN(c2ncccc2Cl)C1. The first-order valence-electron chi connectivity index (χ1n) is 9.74. The summed E-state index contributed by atoms with van der Waals surface area (Å²) in [5.74, 6) is 1.56. The number of aliphatic imine (C=N–C) groups is 1. The molecule has 3 N–H and O–H groups in total. The van der Waals surface area contributed by atoms with Gasteiger partial charge in [0.05, 0.1) is 5.02 Å². The molecular formula is C21H27ClN6O. The Labute approximate surface area is 176 Å². The fourth-order valence-electron chi connectivity index (χ4n) is 3.35. The van der Waals surface area contributed by atoms with Gasteiger partial charge >= 0.3 is 0 Å². The van der Waals surface area contributed by atoms with Crippen LogP contribution in [0, 0.1) is 0 Å². The van der Waals surface area contributed by atoms with E-state index in [0.29, 0.717) is 5.02 Å². The highest BCUT2D eigenvalue weighted by atomic mass is 35.5. The molecule has 7 nitrogen and oxygen atoms in total. The minimum absolute atomic E-state index is 0.0647. The van der Waals surface area contributed by atoms with Crippen LogP contribution in [0.15, 0.2) is 47.6 Å². The molecule has 1 aliphatic heterocycles. The van der Waals surface area contributed by atoms with E-state index in [4.69, 9.17) is 11.6 Å². The van der Waals surface area contributed by atoms with Gasteiger partial charge in [0.15, 0.2) is 5.96 Å². The van der Waals surface area contributed by atoms with Crippen LogP contribution >= 0.6 is 11.6 Å². The summed E-state index contributed by atoms with van der Waals surface area (Å²) in [6.45, 7) is 4.01. The Morgan fingerprint density at radius 2 is 2.10 bits per heavy atom. The molecule has 1 atom stereocenters. The number of hydrogen-bond acceptors (Lipinski definition) is 4. The number of anilines is 2. The second-order valence-corrected chi connectivity index (χ2v) is 7.42.